The molecule has 0 saturated heterocycles. The lowest BCUT2D eigenvalue weighted by Gasteiger charge is -2.06. The molecule has 2 aromatic rings. The van der Waals surface area contributed by atoms with Crippen molar-refractivity contribution in [3.05, 3.63) is 36.0 Å². The molecule has 7 heteroatoms. The monoisotopic (exact) mass is 262 g/mol. The molecule has 0 aliphatic rings. The van der Waals surface area contributed by atoms with E-state index >= 15 is 0 Å². The summed E-state index contributed by atoms with van der Waals surface area (Å²) < 4.78 is 1.89. The maximum atomic E-state index is 5.53. The molecule has 18 heavy (non-hydrogen) atoms. The number of pyridine rings is 1. The second kappa shape index (κ2) is 5.54. The van der Waals surface area contributed by atoms with E-state index in [1.807, 2.05) is 23.7 Å². The first-order valence-corrected chi connectivity index (χ1v) is 5.91. The Morgan fingerprint density at radius 3 is 3.00 bits per heavy atom. The summed E-state index contributed by atoms with van der Waals surface area (Å²) in [6, 6.07) is 5.53. The summed E-state index contributed by atoms with van der Waals surface area (Å²) in [5.74, 6) is 1.68. The van der Waals surface area contributed by atoms with Gasteiger partial charge in [-0.25, -0.2) is 4.98 Å². The molecule has 2 aromatic heterocycles. The minimum Gasteiger partial charge on any atom is -0.388 e. The highest BCUT2D eigenvalue weighted by Crippen LogP contribution is 2.05. The molecule has 0 radical (unpaired) electrons. The first-order valence-electron chi connectivity index (χ1n) is 5.50. The van der Waals surface area contributed by atoms with Gasteiger partial charge in [-0.3, -0.25) is 0 Å². The zero-order valence-corrected chi connectivity index (χ0v) is 10.8. The highest BCUT2D eigenvalue weighted by molar-refractivity contribution is 7.80. The van der Waals surface area contributed by atoms with Crippen LogP contribution in [0.2, 0.25) is 0 Å². The molecular formula is C11H14N6S. The van der Waals surface area contributed by atoms with Crippen molar-refractivity contribution < 1.29 is 0 Å². The van der Waals surface area contributed by atoms with Gasteiger partial charge in [-0.2, -0.15) is 0 Å². The van der Waals surface area contributed by atoms with E-state index in [0.29, 0.717) is 10.7 Å². The van der Waals surface area contributed by atoms with Gasteiger partial charge in [-0.1, -0.05) is 18.3 Å². The fourth-order valence-corrected chi connectivity index (χ4v) is 1.62. The summed E-state index contributed by atoms with van der Waals surface area (Å²) in [7, 11) is 1.92. The number of nitrogens with zero attached hydrogens (tertiary/aromatic N) is 4. The Morgan fingerprint density at radius 1 is 1.50 bits per heavy atom. The fraction of sp³-hybridized carbons (Fsp3) is 0.273. The Hall–Kier alpha value is -2.02. The highest BCUT2D eigenvalue weighted by Gasteiger charge is 2.02. The summed E-state index contributed by atoms with van der Waals surface area (Å²) >= 11 is 4.88. The molecule has 0 aromatic carbocycles. The summed E-state index contributed by atoms with van der Waals surface area (Å²) in [4.78, 5) is 4.59. The van der Waals surface area contributed by atoms with Gasteiger partial charge in [-0.05, 0) is 12.1 Å². The Morgan fingerprint density at radius 2 is 2.33 bits per heavy atom. The van der Waals surface area contributed by atoms with Gasteiger partial charge < -0.3 is 15.6 Å². The van der Waals surface area contributed by atoms with Gasteiger partial charge in [0, 0.05) is 20.0 Å². The van der Waals surface area contributed by atoms with Crippen molar-refractivity contribution in [2.75, 3.05) is 11.9 Å². The molecule has 94 valence electrons. The molecule has 6 nitrogen and oxygen atoms in total. The molecule has 0 spiro atoms. The van der Waals surface area contributed by atoms with Gasteiger partial charge in [0.15, 0.2) is 0 Å². The largest absolute Gasteiger partial charge is 0.388 e. The number of hydrogen-bond donors (Lipinski definition) is 2. The van der Waals surface area contributed by atoms with E-state index in [0.717, 1.165) is 24.6 Å². The number of aromatic nitrogens is 4. The van der Waals surface area contributed by atoms with Crippen molar-refractivity contribution in [1.82, 2.24) is 19.7 Å². The number of aryl methyl sites for hydroxylation is 1. The van der Waals surface area contributed by atoms with Crippen LogP contribution in [-0.4, -0.2) is 31.3 Å². The van der Waals surface area contributed by atoms with E-state index in [1.165, 1.54) is 0 Å². The van der Waals surface area contributed by atoms with Crippen molar-refractivity contribution in [1.29, 1.82) is 0 Å². The van der Waals surface area contributed by atoms with Crippen LogP contribution >= 0.6 is 12.2 Å². The third-order valence-corrected chi connectivity index (χ3v) is 2.67. The standard InChI is InChI=1S/C11H14N6S/c1-17-7-14-16-10(17)5-6-13-9-4-2-3-8(15-9)11(12)18/h2-4,7H,5-6H2,1H3,(H2,12,18)(H,13,15). The molecule has 0 bridgehead atoms. The van der Waals surface area contributed by atoms with Gasteiger partial charge >= 0.3 is 0 Å². The smallest absolute Gasteiger partial charge is 0.134 e. The number of nitrogens with two attached hydrogens (primary N) is 1. The number of rotatable bonds is 5. The van der Waals surface area contributed by atoms with Crippen LogP contribution in [0, 0.1) is 0 Å². The first kappa shape index (κ1) is 12.4. The quantitative estimate of drug-likeness (QED) is 0.764. The van der Waals surface area contributed by atoms with Crippen molar-refractivity contribution in [3.63, 3.8) is 0 Å². The van der Waals surface area contributed by atoms with E-state index in [2.05, 4.69) is 20.5 Å². The minimum absolute atomic E-state index is 0.298. The predicted molar refractivity (Wildman–Crippen MR) is 73.3 cm³/mol. The molecule has 0 amide bonds. The molecule has 2 heterocycles. The van der Waals surface area contributed by atoms with Crippen molar-refractivity contribution in [3.8, 4) is 0 Å². The SMILES string of the molecule is Cn1cnnc1CCNc1cccc(C(N)=S)n1. The van der Waals surface area contributed by atoms with Gasteiger partial charge in [0.2, 0.25) is 0 Å². The van der Waals surface area contributed by atoms with Crippen LogP contribution < -0.4 is 11.1 Å². The number of hydrogen-bond acceptors (Lipinski definition) is 5. The normalized spacial score (nSPS) is 10.3. The molecule has 0 fully saturated rings. The summed E-state index contributed by atoms with van der Waals surface area (Å²) in [6.45, 7) is 0.723. The summed E-state index contributed by atoms with van der Waals surface area (Å²) in [5.41, 5.74) is 6.15. The van der Waals surface area contributed by atoms with Crippen molar-refractivity contribution in [2.45, 2.75) is 6.42 Å². The molecule has 3 N–H and O–H groups in total. The van der Waals surface area contributed by atoms with E-state index in [4.69, 9.17) is 18.0 Å². The second-order valence-electron chi connectivity index (χ2n) is 3.81. The average Bonchev–Trinajstić information content (AvgIpc) is 2.76. The zero-order valence-electron chi connectivity index (χ0n) is 10.00. The Bertz CT molecular complexity index is 550. The molecule has 0 atom stereocenters. The third kappa shape index (κ3) is 3.01. The maximum absolute atomic E-state index is 5.53. The third-order valence-electron chi connectivity index (χ3n) is 2.46. The molecule has 0 aliphatic heterocycles. The van der Waals surface area contributed by atoms with E-state index in [-0.39, 0.29) is 0 Å². The lowest BCUT2D eigenvalue weighted by Crippen LogP contribution is -2.14. The lowest BCUT2D eigenvalue weighted by atomic mass is 10.3. The first-order chi connectivity index (χ1) is 8.66. The van der Waals surface area contributed by atoms with Crippen molar-refractivity contribution >= 4 is 23.0 Å². The maximum Gasteiger partial charge on any atom is 0.134 e. The Balaban J connectivity index is 1.92. The van der Waals surface area contributed by atoms with Gasteiger partial charge in [-0.15, -0.1) is 10.2 Å². The Labute approximate surface area is 110 Å². The number of nitrogens with one attached hydrogen (secondary N) is 1. The van der Waals surface area contributed by atoms with Crippen molar-refractivity contribution in [2.24, 2.45) is 12.8 Å². The van der Waals surface area contributed by atoms with Crippen LogP contribution in [0.25, 0.3) is 0 Å². The average molecular weight is 262 g/mol. The molecule has 0 saturated carbocycles. The fourth-order valence-electron chi connectivity index (χ4n) is 1.51. The summed E-state index contributed by atoms with van der Waals surface area (Å²) in [6.07, 6.45) is 2.45. The Kier molecular flexibility index (Phi) is 3.83. The molecule has 0 unspecified atom stereocenters. The minimum atomic E-state index is 0.298. The topological polar surface area (TPSA) is 81.7 Å². The summed E-state index contributed by atoms with van der Waals surface area (Å²) in [5, 5.41) is 11.0. The highest BCUT2D eigenvalue weighted by atomic mass is 32.1. The molecular weight excluding hydrogens is 248 g/mol. The molecule has 2 rings (SSSR count). The second-order valence-corrected chi connectivity index (χ2v) is 4.25. The number of anilines is 1. The van der Waals surface area contributed by atoms with E-state index < -0.39 is 0 Å². The molecule has 0 aliphatic carbocycles. The van der Waals surface area contributed by atoms with Gasteiger partial charge in [0.25, 0.3) is 0 Å². The van der Waals surface area contributed by atoms with E-state index in [1.54, 1.807) is 12.4 Å². The van der Waals surface area contributed by atoms with Crippen LogP contribution in [-0.2, 0) is 13.5 Å². The van der Waals surface area contributed by atoms with Crippen LogP contribution in [0.3, 0.4) is 0 Å². The van der Waals surface area contributed by atoms with Crippen LogP contribution in [0.4, 0.5) is 5.82 Å². The lowest BCUT2D eigenvalue weighted by molar-refractivity contribution is 0.787. The van der Waals surface area contributed by atoms with E-state index in [9.17, 15) is 0 Å². The predicted octanol–water partition coefficient (Wildman–Crippen LogP) is 0.499. The van der Waals surface area contributed by atoms with Crippen LogP contribution in [0.5, 0.6) is 0 Å². The van der Waals surface area contributed by atoms with Crippen LogP contribution in [0.15, 0.2) is 24.5 Å². The van der Waals surface area contributed by atoms with Gasteiger partial charge in [0.05, 0.1) is 5.69 Å². The van der Waals surface area contributed by atoms with Crippen LogP contribution in [0.1, 0.15) is 11.5 Å². The number of thiocarbonyl (C=S) groups is 1. The van der Waals surface area contributed by atoms with Gasteiger partial charge in [0.1, 0.15) is 23.0 Å². The zero-order chi connectivity index (χ0) is 13.0.